The molecule has 104 valence electrons. The maximum atomic E-state index is 12.0. The predicted octanol–water partition coefficient (Wildman–Crippen LogP) is 2.48. The van der Waals surface area contributed by atoms with E-state index in [2.05, 4.69) is 10.9 Å². The molecular formula is C13H11ClN2O3S. The molecule has 0 atom stereocenters. The van der Waals surface area contributed by atoms with Crippen molar-refractivity contribution in [1.29, 1.82) is 0 Å². The van der Waals surface area contributed by atoms with Crippen LogP contribution < -0.4 is 15.6 Å². The van der Waals surface area contributed by atoms with Gasteiger partial charge >= 0.3 is 0 Å². The lowest BCUT2D eigenvalue weighted by Gasteiger charge is -2.10. The number of thiophene rings is 1. The van der Waals surface area contributed by atoms with Crippen LogP contribution in [0.2, 0.25) is 5.02 Å². The highest BCUT2D eigenvalue weighted by Crippen LogP contribution is 2.22. The lowest BCUT2D eigenvalue weighted by Crippen LogP contribution is -2.41. The third-order valence-corrected chi connectivity index (χ3v) is 3.54. The monoisotopic (exact) mass is 310 g/mol. The second kappa shape index (κ2) is 6.40. The summed E-state index contributed by atoms with van der Waals surface area (Å²) in [6.45, 7) is 0. The molecule has 1 aromatic carbocycles. The first-order valence-electron chi connectivity index (χ1n) is 5.59. The minimum absolute atomic E-state index is 0.242. The topological polar surface area (TPSA) is 67.4 Å². The number of hydrazine groups is 1. The Morgan fingerprint density at radius 1 is 1.20 bits per heavy atom. The number of nitrogens with one attached hydrogen (secondary N) is 2. The van der Waals surface area contributed by atoms with E-state index in [4.69, 9.17) is 16.3 Å². The number of ether oxygens (including phenoxy) is 1. The highest BCUT2D eigenvalue weighted by Gasteiger charge is 2.14. The molecular weight excluding hydrogens is 300 g/mol. The van der Waals surface area contributed by atoms with E-state index in [1.54, 1.807) is 29.6 Å². The van der Waals surface area contributed by atoms with Crippen LogP contribution in [0.1, 0.15) is 20.0 Å². The van der Waals surface area contributed by atoms with E-state index in [-0.39, 0.29) is 11.5 Å². The zero-order valence-electron chi connectivity index (χ0n) is 10.5. The highest BCUT2D eigenvalue weighted by molar-refractivity contribution is 7.12. The fourth-order valence-corrected chi connectivity index (χ4v) is 2.30. The first-order chi connectivity index (χ1) is 9.61. The molecule has 2 N–H and O–H groups in total. The maximum absolute atomic E-state index is 12.0. The molecule has 1 heterocycles. The van der Waals surface area contributed by atoms with Gasteiger partial charge in [0.2, 0.25) is 0 Å². The number of benzene rings is 1. The summed E-state index contributed by atoms with van der Waals surface area (Å²) in [5.41, 5.74) is 4.89. The molecule has 5 nitrogen and oxygen atoms in total. The number of amides is 2. The minimum Gasteiger partial charge on any atom is -0.496 e. The van der Waals surface area contributed by atoms with Gasteiger partial charge in [-0.3, -0.25) is 20.4 Å². The van der Waals surface area contributed by atoms with E-state index in [0.717, 1.165) is 0 Å². The normalized spacial score (nSPS) is 9.90. The Morgan fingerprint density at radius 2 is 1.95 bits per heavy atom. The molecule has 0 aliphatic heterocycles. The molecule has 1 aromatic heterocycles. The van der Waals surface area contributed by atoms with Gasteiger partial charge in [-0.15, -0.1) is 11.3 Å². The van der Waals surface area contributed by atoms with Crippen molar-refractivity contribution in [2.24, 2.45) is 0 Å². The van der Waals surface area contributed by atoms with Gasteiger partial charge in [0.05, 0.1) is 17.6 Å². The molecule has 2 aromatic rings. The van der Waals surface area contributed by atoms with Crippen LogP contribution in [0.5, 0.6) is 5.75 Å². The number of carbonyl (C=O) groups excluding carboxylic acids is 2. The molecule has 0 unspecified atom stereocenters. The molecule has 0 fully saturated rings. The van der Waals surface area contributed by atoms with Crippen molar-refractivity contribution < 1.29 is 14.3 Å². The van der Waals surface area contributed by atoms with Gasteiger partial charge in [-0.25, -0.2) is 0 Å². The van der Waals surface area contributed by atoms with E-state index in [0.29, 0.717) is 15.6 Å². The molecule has 0 radical (unpaired) electrons. The minimum atomic E-state index is -0.505. The van der Waals surface area contributed by atoms with Gasteiger partial charge in [0, 0.05) is 5.02 Å². The van der Waals surface area contributed by atoms with Crippen LogP contribution in [0.4, 0.5) is 0 Å². The lowest BCUT2D eigenvalue weighted by atomic mass is 10.2. The van der Waals surface area contributed by atoms with Crippen LogP contribution in [-0.2, 0) is 0 Å². The number of carbonyl (C=O) groups is 2. The number of hydrogen-bond donors (Lipinski definition) is 2. The Bertz CT molecular complexity index is 629. The van der Waals surface area contributed by atoms with Crippen LogP contribution in [0.3, 0.4) is 0 Å². The molecule has 7 heteroatoms. The molecule has 20 heavy (non-hydrogen) atoms. The SMILES string of the molecule is COc1ccc(Cl)cc1C(=O)NNC(=O)c1cccs1. The number of hydrogen-bond acceptors (Lipinski definition) is 4. The Kier molecular flexibility index (Phi) is 4.60. The molecule has 0 bridgehead atoms. The van der Waals surface area contributed by atoms with Gasteiger partial charge in [0.15, 0.2) is 0 Å². The van der Waals surface area contributed by atoms with Crippen LogP contribution in [0.25, 0.3) is 0 Å². The standard InChI is InChI=1S/C13H11ClN2O3S/c1-19-10-5-4-8(14)7-9(10)12(17)15-16-13(18)11-3-2-6-20-11/h2-7H,1H3,(H,15,17)(H,16,18). The zero-order valence-corrected chi connectivity index (χ0v) is 12.0. The van der Waals surface area contributed by atoms with E-state index >= 15 is 0 Å². The summed E-state index contributed by atoms with van der Waals surface area (Å²) in [5.74, 6) is -0.513. The summed E-state index contributed by atoms with van der Waals surface area (Å²) in [7, 11) is 1.45. The average Bonchev–Trinajstić information content (AvgIpc) is 2.98. The number of rotatable bonds is 3. The molecule has 2 amide bonds. The van der Waals surface area contributed by atoms with Crippen molar-refractivity contribution in [3.63, 3.8) is 0 Å². The van der Waals surface area contributed by atoms with Crippen molar-refractivity contribution >= 4 is 34.8 Å². The van der Waals surface area contributed by atoms with Gasteiger partial charge in [-0.1, -0.05) is 17.7 Å². The zero-order chi connectivity index (χ0) is 14.5. The van der Waals surface area contributed by atoms with Crippen molar-refractivity contribution in [2.45, 2.75) is 0 Å². The quantitative estimate of drug-likeness (QED) is 0.856. The second-order valence-corrected chi connectivity index (χ2v) is 5.11. The fourth-order valence-electron chi connectivity index (χ4n) is 1.51. The van der Waals surface area contributed by atoms with Crippen LogP contribution in [0.15, 0.2) is 35.7 Å². The van der Waals surface area contributed by atoms with Crippen molar-refractivity contribution in [1.82, 2.24) is 10.9 Å². The van der Waals surface area contributed by atoms with Crippen molar-refractivity contribution in [2.75, 3.05) is 7.11 Å². The first-order valence-corrected chi connectivity index (χ1v) is 6.85. The van der Waals surface area contributed by atoms with Gasteiger partial charge < -0.3 is 4.74 Å². The molecule has 0 aliphatic carbocycles. The average molecular weight is 311 g/mol. The lowest BCUT2D eigenvalue weighted by molar-refractivity contribution is 0.0847. The third-order valence-electron chi connectivity index (χ3n) is 2.44. The second-order valence-electron chi connectivity index (χ2n) is 3.73. The summed E-state index contributed by atoms with van der Waals surface area (Å²) < 4.78 is 5.07. The van der Waals surface area contributed by atoms with E-state index in [1.165, 1.54) is 24.5 Å². The maximum Gasteiger partial charge on any atom is 0.279 e. The van der Waals surface area contributed by atoms with Gasteiger partial charge in [0.1, 0.15) is 5.75 Å². The van der Waals surface area contributed by atoms with E-state index < -0.39 is 5.91 Å². The smallest absolute Gasteiger partial charge is 0.279 e. The van der Waals surface area contributed by atoms with Crippen LogP contribution >= 0.6 is 22.9 Å². The van der Waals surface area contributed by atoms with E-state index in [1.807, 2.05) is 0 Å². The van der Waals surface area contributed by atoms with Gasteiger partial charge in [0.25, 0.3) is 11.8 Å². The molecule has 0 spiro atoms. The largest absolute Gasteiger partial charge is 0.496 e. The highest BCUT2D eigenvalue weighted by atomic mass is 35.5. The predicted molar refractivity (Wildman–Crippen MR) is 77.3 cm³/mol. The Labute approximate surface area is 124 Å². The van der Waals surface area contributed by atoms with Crippen LogP contribution in [0, 0.1) is 0 Å². The van der Waals surface area contributed by atoms with Crippen molar-refractivity contribution in [3.05, 3.63) is 51.2 Å². The molecule has 0 saturated carbocycles. The summed E-state index contributed by atoms with van der Waals surface area (Å²) in [4.78, 5) is 24.2. The summed E-state index contributed by atoms with van der Waals surface area (Å²) in [6, 6.07) is 8.07. The summed E-state index contributed by atoms with van der Waals surface area (Å²) in [6.07, 6.45) is 0. The molecule has 0 saturated heterocycles. The van der Waals surface area contributed by atoms with Gasteiger partial charge in [-0.2, -0.15) is 0 Å². The molecule has 2 rings (SSSR count). The third kappa shape index (κ3) is 3.28. The van der Waals surface area contributed by atoms with Crippen LogP contribution in [-0.4, -0.2) is 18.9 Å². The van der Waals surface area contributed by atoms with Gasteiger partial charge in [-0.05, 0) is 29.6 Å². The Hall–Kier alpha value is -2.05. The summed E-state index contributed by atoms with van der Waals surface area (Å²) >= 11 is 7.12. The van der Waals surface area contributed by atoms with Crippen molar-refractivity contribution in [3.8, 4) is 5.75 Å². The Balaban J connectivity index is 2.05. The number of methoxy groups -OCH3 is 1. The molecule has 0 aliphatic rings. The summed E-state index contributed by atoms with van der Waals surface area (Å²) in [5, 5.41) is 2.18. The number of halogens is 1. The Morgan fingerprint density at radius 3 is 2.60 bits per heavy atom. The van der Waals surface area contributed by atoms with E-state index in [9.17, 15) is 9.59 Å². The fraction of sp³-hybridized carbons (Fsp3) is 0.0769. The first kappa shape index (κ1) is 14.4.